The summed E-state index contributed by atoms with van der Waals surface area (Å²) in [6, 6.07) is 4.70. The molecular formula is C17H22FNO3. The maximum absolute atomic E-state index is 13.3. The van der Waals surface area contributed by atoms with Gasteiger partial charge in [0.25, 0.3) is 0 Å². The van der Waals surface area contributed by atoms with Crippen LogP contribution >= 0.6 is 0 Å². The van der Waals surface area contributed by atoms with E-state index in [1.54, 1.807) is 11.0 Å². The second-order valence-corrected chi connectivity index (χ2v) is 6.96. The van der Waals surface area contributed by atoms with Crippen molar-refractivity contribution in [3.05, 3.63) is 35.1 Å². The molecular weight excluding hydrogens is 285 g/mol. The minimum atomic E-state index is -0.512. The average molecular weight is 307 g/mol. The van der Waals surface area contributed by atoms with E-state index in [1.807, 2.05) is 20.8 Å². The third-order valence-electron chi connectivity index (χ3n) is 4.11. The fourth-order valence-electron chi connectivity index (χ4n) is 3.22. The molecule has 0 saturated carbocycles. The van der Waals surface area contributed by atoms with E-state index >= 15 is 0 Å². The van der Waals surface area contributed by atoms with Crippen molar-refractivity contribution in [3.8, 4) is 0 Å². The number of carbonyl (C=O) groups excluding carboxylic acids is 1. The van der Waals surface area contributed by atoms with Crippen molar-refractivity contribution in [1.82, 2.24) is 4.90 Å². The van der Waals surface area contributed by atoms with Crippen LogP contribution in [-0.2, 0) is 16.1 Å². The summed E-state index contributed by atoms with van der Waals surface area (Å²) >= 11 is 0. The van der Waals surface area contributed by atoms with Crippen LogP contribution in [0.3, 0.4) is 0 Å². The number of hydrogen-bond acceptors (Lipinski definition) is 3. The van der Waals surface area contributed by atoms with E-state index in [4.69, 9.17) is 9.47 Å². The predicted molar refractivity (Wildman–Crippen MR) is 79.9 cm³/mol. The Hall–Kier alpha value is -1.62. The molecule has 1 aromatic rings. The molecule has 0 spiro atoms. The van der Waals surface area contributed by atoms with E-state index in [2.05, 4.69) is 0 Å². The van der Waals surface area contributed by atoms with E-state index in [1.165, 1.54) is 12.1 Å². The van der Waals surface area contributed by atoms with Crippen LogP contribution in [-0.4, -0.2) is 29.2 Å². The second-order valence-electron chi connectivity index (χ2n) is 6.96. The molecule has 1 saturated heterocycles. The van der Waals surface area contributed by atoms with Gasteiger partial charge in [0.15, 0.2) is 0 Å². The normalized spacial score (nSPS) is 24.5. The van der Waals surface area contributed by atoms with Crippen LogP contribution < -0.4 is 0 Å². The van der Waals surface area contributed by atoms with Crippen LogP contribution in [0.15, 0.2) is 18.2 Å². The summed E-state index contributed by atoms with van der Waals surface area (Å²) in [5.74, 6) is -0.251. The number of ether oxygens (including phenoxy) is 2. The highest BCUT2D eigenvalue weighted by molar-refractivity contribution is 5.69. The van der Waals surface area contributed by atoms with E-state index < -0.39 is 5.60 Å². The SMILES string of the molecule is CC(C)(C)OC(=O)N1CCC[C@H]1[C@H]1OCc2cc(F)ccc21. The summed E-state index contributed by atoms with van der Waals surface area (Å²) in [5, 5.41) is 0. The molecule has 0 aromatic heterocycles. The number of hydrogen-bond donors (Lipinski definition) is 0. The summed E-state index contributed by atoms with van der Waals surface area (Å²) in [6.45, 7) is 6.66. The Kier molecular flexibility index (Phi) is 3.85. The minimum absolute atomic E-state index is 0.0402. The Labute approximate surface area is 130 Å². The van der Waals surface area contributed by atoms with Gasteiger partial charge in [-0.3, -0.25) is 0 Å². The number of benzene rings is 1. The Morgan fingerprint density at radius 3 is 2.91 bits per heavy atom. The zero-order chi connectivity index (χ0) is 15.9. The number of halogens is 1. The molecule has 120 valence electrons. The van der Waals surface area contributed by atoms with Gasteiger partial charge in [0, 0.05) is 6.54 Å². The van der Waals surface area contributed by atoms with Crippen molar-refractivity contribution >= 4 is 6.09 Å². The largest absolute Gasteiger partial charge is 0.444 e. The molecule has 0 radical (unpaired) electrons. The Morgan fingerprint density at radius 1 is 1.41 bits per heavy atom. The zero-order valence-electron chi connectivity index (χ0n) is 13.3. The van der Waals surface area contributed by atoms with Crippen molar-refractivity contribution in [3.63, 3.8) is 0 Å². The molecule has 2 aliphatic heterocycles. The summed E-state index contributed by atoms with van der Waals surface area (Å²) in [7, 11) is 0. The van der Waals surface area contributed by atoms with Crippen LogP contribution in [0.5, 0.6) is 0 Å². The van der Waals surface area contributed by atoms with Gasteiger partial charge in [0.2, 0.25) is 0 Å². The van der Waals surface area contributed by atoms with E-state index in [9.17, 15) is 9.18 Å². The van der Waals surface area contributed by atoms with Gasteiger partial charge in [0.1, 0.15) is 17.5 Å². The number of nitrogens with zero attached hydrogens (tertiary/aromatic N) is 1. The fourth-order valence-corrected chi connectivity index (χ4v) is 3.22. The van der Waals surface area contributed by atoms with Crippen molar-refractivity contribution < 1.29 is 18.7 Å². The van der Waals surface area contributed by atoms with Crippen molar-refractivity contribution in [2.45, 2.75) is 58.0 Å². The predicted octanol–water partition coefficient (Wildman–Crippen LogP) is 3.80. The fraction of sp³-hybridized carbons (Fsp3) is 0.588. The lowest BCUT2D eigenvalue weighted by Crippen LogP contribution is -2.42. The smallest absolute Gasteiger partial charge is 0.410 e. The van der Waals surface area contributed by atoms with Crippen molar-refractivity contribution in [1.29, 1.82) is 0 Å². The van der Waals surface area contributed by atoms with Crippen molar-refractivity contribution in [2.75, 3.05) is 6.54 Å². The first-order valence-electron chi connectivity index (χ1n) is 7.75. The van der Waals surface area contributed by atoms with Crippen LogP contribution in [0.1, 0.15) is 50.8 Å². The van der Waals surface area contributed by atoms with Crippen LogP contribution in [0.4, 0.5) is 9.18 Å². The highest BCUT2D eigenvalue weighted by Gasteiger charge is 2.41. The lowest BCUT2D eigenvalue weighted by atomic mass is 9.98. The molecule has 22 heavy (non-hydrogen) atoms. The van der Waals surface area contributed by atoms with Gasteiger partial charge in [-0.1, -0.05) is 6.07 Å². The molecule has 4 nitrogen and oxygen atoms in total. The molecule has 0 N–H and O–H groups in total. The standard InChI is InChI=1S/C17H22FNO3/c1-17(2,3)22-16(20)19-8-4-5-14(19)15-13-7-6-12(18)9-11(13)10-21-15/h6-7,9,14-15H,4-5,8,10H2,1-3H3/t14-,15-/m0/s1. The number of fused-ring (bicyclic) bond motifs is 1. The van der Waals surface area contributed by atoms with Gasteiger partial charge in [-0.2, -0.15) is 0 Å². The van der Waals surface area contributed by atoms with Gasteiger partial charge in [-0.25, -0.2) is 9.18 Å². The van der Waals surface area contributed by atoms with Crippen LogP contribution in [0.2, 0.25) is 0 Å². The number of rotatable bonds is 1. The Bertz CT molecular complexity index is 582. The average Bonchev–Trinajstić information content (AvgIpc) is 3.00. The number of likely N-dealkylation sites (tertiary alicyclic amines) is 1. The van der Waals surface area contributed by atoms with Crippen LogP contribution in [0.25, 0.3) is 0 Å². The van der Waals surface area contributed by atoms with E-state index in [0.29, 0.717) is 13.2 Å². The first-order chi connectivity index (χ1) is 10.3. The summed E-state index contributed by atoms with van der Waals surface area (Å²) in [6.07, 6.45) is 1.32. The molecule has 1 fully saturated rings. The molecule has 2 heterocycles. The molecule has 1 aromatic carbocycles. The van der Waals surface area contributed by atoms with Gasteiger partial charge < -0.3 is 14.4 Å². The molecule has 2 atom stereocenters. The minimum Gasteiger partial charge on any atom is -0.444 e. The molecule has 5 heteroatoms. The van der Waals surface area contributed by atoms with Gasteiger partial charge >= 0.3 is 6.09 Å². The highest BCUT2D eigenvalue weighted by Crippen LogP contribution is 2.39. The Morgan fingerprint density at radius 2 is 2.18 bits per heavy atom. The summed E-state index contributed by atoms with van der Waals surface area (Å²) in [4.78, 5) is 14.1. The lowest BCUT2D eigenvalue weighted by Gasteiger charge is -2.31. The second kappa shape index (κ2) is 5.54. The summed E-state index contributed by atoms with van der Waals surface area (Å²) < 4.78 is 24.7. The van der Waals surface area contributed by atoms with Crippen molar-refractivity contribution in [2.24, 2.45) is 0 Å². The van der Waals surface area contributed by atoms with Gasteiger partial charge in [-0.15, -0.1) is 0 Å². The number of amides is 1. The zero-order valence-corrected chi connectivity index (χ0v) is 13.3. The third-order valence-corrected chi connectivity index (χ3v) is 4.11. The quantitative estimate of drug-likeness (QED) is 0.792. The monoisotopic (exact) mass is 307 g/mol. The first-order valence-corrected chi connectivity index (χ1v) is 7.75. The van der Waals surface area contributed by atoms with Gasteiger partial charge in [-0.05, 0) is 56.9 Å². The molecule has 0 bridgehead atoms. The molecule has 1 amide bonds. The van der Waals surface area contributed by atoms with Crippen LogP contribution in [0, 0.1) is 5.82 Å². The van der Waals surface area contributed by atoms with E-state index in [-0.39, 0.29) is 24.1 Å². The number of carbonyl (C=O) groups is 1. The summed E-state index contributed by atoms with van der Waals surface area (Å²) in [5.41, 5.74) is 1.35. The van der Waals surface area contributed by atoms with E-state index in [0.717, 1.165) is 24.0 Å². The Balaban J connectivity index is 1.79. The van der Waals surface area contributed by atoms with Gasteiger partial charge in [0.05, 0.1) is 12.6 Å². The highest BCUT2D eigenvalue weighted by atomic mass is 19.1. The molecule has 2 aliphatic rings. The third kappa shape index (κ3) is 2.95. The topological polar surface area (TPSA) is 38.8 Å². The maximum Gasteiger partial charge on any atom is 0.410 e. The lowest BCUT2D eigenvalue weighted by molar-refractivity contribution is -0.0151. The maximum atomic E-state index is 13.3. The molecule has 0 aliphatic carbocycles. The first kappa shape index (κ1) is 15.3. The molecule has 3 rings (SSSR count). The molecule has 0 unspecified atom stereocenters.